The summed E-state index contributed by atoms with van der Waals surface area (Å²) in [5.41, 5.74) is 0.349. The summed E-state index contributed by atoms with van der Waals surface area (Å²) in [5, 5.41) is 0.629. The number of hydrogen-bond donors (Lipinski definition) is 0. The minimum atomic E-state index is -0.552. The van der Waals surface area contributed by atoms with E-state index in [9.17, 15) is 9.59 Å². The van der Waals surface area contributed by atoms with Gasteiger partial charge in [-0.25, -0.2) is 4.79 Å². The summed E-state index contributed by atoms with van der Waals surface area (Å²) < 4.78 is 5.44. The summed E-state index contributed by atoms with van der Waals surface area (Å²) in [7, 11) is 0. The van der Waals surface area contributed by atoms with Crippen LogP contribution in [0.4, 0.5) is 4.79 Å². The van der Waals surface area contributed by atoms with E-state index in [2.05, 4.69) is 0 Å². The Morgan fingerprint density at radius 2 is 1.90 bits per heavy atom. The van der Waals surface area contributed by atoms with E-state index in [1.807, 2.05) is 32.9 Å². The smallest absolute Gasteiger partial charge is 0.410 e. The highest BCUT2D eigenvalue weighted by molar-refractivity contribution is 6.30. The Morgan fingerprint density at radius 1 is 1.29 bits per heavy atom. The van der Waals surface area contributed by atoms with Gasteiger partial charge in [0.25, 0.3) is 0 Å². The highest BCUT2D eigenvalue weighted by atomic mass is 35.5. The molecule has 0 saturated carbocycles. The van der Waals surface area contributed by atoms with Crippen LogP contribution in [0.3, 0.4) is 0 Å². The van der Waals surface area contributed by atoms with Gasteiger partial charge in [-0.05, 0) is 38.5 Å². The summed E-state index contributed by atoms with van der Waals surface area (Å²) in [6.07, 6.45) is 0.319. The SMILES string of the molecule is CC(C)(C)OC(=O)N1CCC(=O)CC1c1ccc(Cl)cc1. The molecule has 1 amide bonds. The van der Waals surface area contributed by atoms with E-state index < -0.39 is 5.60 Å². The van der Waals surface area contributed by atoms with Gasteiger partial charge in [0.15, 0.2) is 0 Å². The van der Waals surface area contributed by atoms with Gasteiger partial charge in [-0.1, -0.05) is 23.7 Å². The maximum Gasteiger partial charge on any atom is 0.410 e. The molecule has 4 nitrogen and oxygen atoms in total. The Hall–Kier alpha value is -1.55. The Labute approximate surface area is 130 Å². The lowest BCUT2D eigenvalue weighted by Gasteiger charge is -2.36. The fourth-order valence-electron chi connectivity index (χ4n) is 2.35. The maximum atomic E-state index is 12.3. The number of benzene rings is 1. The lowest BCUT2D eigenvalue weighted by molar-refractivity contribution is -0.123. The lowest BCUT2D eigenvalue weighted by atomic mass is 9.95. The van der Waals surface area contributed by atoms with Crippen molar-refractivity contribution in [3.05, 3.63) is 34.9 Å². The van der Waals surface area contributed by atoms with Crippen molar-refractivity contribution in [1.29, 1.82) is 0 Å². The van der Waals surface area contributed by atoms with Crippen LogP contribution in [-0.4, -0.2) is 28.9 Å². The van der Waals surface area contributed by atoms with Gasteiger partial charge < -0.3 is 9.64 Å². The summed E-state index contributed by atoms with van der Waals surface area (Å²) in [6.45, 7) is 5.88. The van der Waals surface area contributed by atoms with Crippen molar-refractivity contribution in [3.8, 4) is 0 Å². The van der Waals surface area contributed by atoms with Crippen LogP contribution in [0.5, 0.6) is 0 Å². The molecule has 0 radical (unpaired) electrons. The first-order valence-corrected chi connectivity index (χ1v) is 7.41. The van der Waals surface area contributed by atoms with Gasteiger partial charge in [0, 0.05) is 24.4 Å². The summed E-state index contributed by atoms with van der Waals surface area (Å²) in [4.78, 5) is 25.7. The van der Waals surface area contributed by atoms with Gasteiger partial charge in [-0.15, -0.1) is 0 Å². The number of likely N-dealkylation sites (tertiary alicyclic amines) is 1. The van der Waals surface area contributed by atoms with E-state index >= 15 is 0 Å². The van der Waals surface area contributed by atoms with Gasteiger partial charge in [0.05, 0.1) is 6.04 Å². The normalized spacial score (nSPS) is 19.5. The van der Waals surface area contributed by atoms with Crippen LogP contribution in [0.25, 0.3) is 0 Å². The number of nitrogens with zero attached hydrogens (tertiary/aromatic N) is 1. The van der Waals surface area contributed by atoms with Gasteiger partial charge >= 0.3 is 6.09 Å². The average Bonchev–Trinajstić information content (AvgIpc) is 2.37. The minimum absolute atomic E-state index is 0.162. The van der Waals surface area contributed by atoms with Crippen LogP contribution < -0.4 is 0 Å². The fraction of sp³-hybridized carbons (Fsp3) is 0.500. The Bertz CT molecular complexity index is 533. The van der Waals surface area contributed by atoms with Crippen molar-refractivity contribution in [3.63, 3.8) is 0 Å². The molecule has 0 aliphatic carbocycles. The fourth-order valence-corrected chi connectivity index (χ4v) is 2.48. The topological polar surface area (TPSA) is 46.6 Å². The number of Topliss-reactive ketones (excluding diaryl/α,β-unsaturated/α-hetero) is 1. The molecule has 1 aromatic carbocycles. The zero-order chi connectivity index (χ0) is 15.6. The van der Waals surface area contributed by atoms with E-state index in [-0.39, 0.29) is 17.9 Å². The molecule has 0 spiro atoms. The molecule has 0 bridgehead atoms. The van der Waals surface area contributed by atoms with E-state index in [0.717, 1.165) is 5.56 Å². The number of ketones is 1. The van der Waals surface area contributed by atoms with Crippen molar-refractivity contribution < 1.29 is 14.3 Å². The molecule has 114 valence electrons. The van der Waals surface area contributed by atoms with Crippen LogP contribution in [-0.2, 0) is 9.53 Å². The van der Waals surface area contributed by atoms with Crippen molar-refractivity contribution >= 4 is 23.5 Å². The predicted octanol–water partition coefficient (Wildman–Crippen LogP) is 3.98. The third-order valence-electron chi connectivity index (χ3n) is 3.31. The zero-order valence-electron chi connectivity index (χ0n) is 12.6. The molecule has 1 unspecified atom stereocenters. The Kier molecular flexibility index (Phi) is 4.57. The number of carbonyl (C=O) groups is 2. The maximum absolute atomic E-state index is 12.3. The molecule has 1 aliphatic heterocycles. The van der Waals surface area contributed by atoms with Gasteiger partial charge in [0.1, 0.15) is 11.4 Å². The molecule has 5 heteroatoms. The number of ether oxygens (including phenoxy) is 1. The van der Waals surface area contributed by atoms with Crippen molar-refractivity contribution in [2.45, 2.75) is 45.3 Å². The first-order chi connectivity index (χ1) is 9.76. The summed E-state index contributed by atoms with van der Waals surface area (Å²) in [5.74, 6) is 0.162. The lowest BCUT2D eigenvalue weighted by Crippen LogP contribution is -2.43. The molecule has 21 heavy (non-hydrogen) atoms. The summed E-state index contributed by atoms with van der Waals surface area (Å²) in [6, 6.07) is 6.96. The van der Waals surface area contributed by atoms with Crippen LogP contribution in [0.2, 0.25) is 5.02 Å². The summed E-state index contributed by atoms with van der Waals surface area (Å²) >= 11 is 5.89. The average molecular weight is 310 g/mol. The number of hydrogen-bond acceptors (Lipinski definition) is 3. The minimum Gasteiger partial charge on any atom is -0.444 e. The zero-order valence-corrected chi connectivity index (χ0v) is 13.3. The number of rotatable bonds is 1. The molecule has 1 fully saturated rings. The molecular weight excluding hydrogens is 290 g/mol. The van der Waals surface area contributed by atoms with E-state index in [0.29, 0.717) is 24.4 Å². The molecule has 1 aromatic rings. The highest BCUT2D eigenvalue weighted by Gasteiger charge is 2.34. The molecular formula is C16H20ClNO3. The van der Waals surface area contributed by atoms with E-state index in [1.54, 1.807) is 17.0 Å². The number of piperidine rings is 1. The molecule has 1 aliphatic rings. The van der Waals surface area contributed by atoms with Gasteiger partial charge in [-0.3, -0.25) is 4.79 Å². The number of halogens is 1. The second kappa shape index (κ2) is 6.06. The molecule has 1 saturated heterocycles. The highest BCUT2D eigenvalue weighted by Crippen LogP contribution is 2.31. The van der Waals surface area contributed by atoms with Crippen molar-refractivity contribution in [2.75, 3.05) is 6.54 Å². The monoisotopic (exact) mass is 309 g/mol. The molecule has 1 atom stereocenters. The third-order valence-corrected chi connectivity index (χ3v) is 3.56. The van der Waals surface area contributed by atoms with Crippen LogP contribution in [0.15, 0.2) is 24.3 Å². The van der Waals surface area contributed by atoms with Gasteiger partial charge in [-0.2, -0.15) is 0 Å². The van der Waals surface area contributed by atoms with Gasteiger partial charge in [0.2, 0.25) is 0 Å². The largest absolute Gasteiger partial charge is 0.444 e. The second-order valence-electron chi connectivity index (χ2n) is 6.23. The van der Waals surface area contributed by atoms with E-state index in [1.165, 1.54) is 0 Å². The molecule has 1 heterocycles. The molecule has 0 aromatic heterocycles. The number of carbonyl (C=O) groups excluding carboxylic acids is 2. The Balaban J connectivity index is 2.23. The Morgan fingerprint density at radius 3 is 2.48 bits per heavy atom. The second-order valence-corrected chi connectivity index (χ2v) is 6.67. The van der Waals surface area contributed by atoms with Crippen LogP contribution >= 0.6 is 11.6 Å². The predicted molar refractivity (Wildman–Crippen MR) is 81.4 cm³/mol. The first kappa shape index (κ1) is 15.8. The number of amides is 1. The first-order valence-electron chi connectivity index (χ1n) is 7.03. The van der Waals surface area contributed by atoms with Crippen molar-refractivity contribution in [2.24, 2.45) is 0 Å². The third kappa shape index (κ3) is 4.21. The molecule has 2 rings (SSSR count). The van der Waals surface area contributed by atoms with Crippen molar-refractivity contribution in [1.82, 2.24) is 4.90 Å². The van der Waals surface area contributed by atoms with Crippen LogP contribution in [0, 0.1) is 0 Å². The standard InChI is InChI=1S/C16H20ClNO3/c1-16(2,3)21-15(20)18-9-8-13(19)10-14(18)11-4-6-12(17)7-5-11/h4-7,14H,8-10H2,1-3H3. The molecule has 0 N–H and O–H groups in total. The van der Waals surface area contributed by atoms with Crippen LogP contribution in [0.1, 0.15) is 45.2 Å². The quantitative estimate of drug-likeness (QED) is 0.788. The van der Waals surface area contributed by atoms with E-state index in [4.69, 9.17) is 16.3 Å².